The molecule has 0 bridgehead atoms. The lowest BCUT2D eigenvalue weighted by Crippen LogP contribution is -2.14. The summed E-state index contributed by atoms with van der Waals surface area (Å²) in [7, 11) is 0. The number of rotatable bonds is 26. The van der Waals surface area contributed by atoms with E-state index in [1.165, 1.54) is 116 Å². The zero-order chi connectivity index (χ0) is 34.6. The van der Waals surface area contributed by atoms with E-state index in [0.717, 1.165) is 68.2 Å². The second kappa shape index (κ2) is 22.4. The largest absolute Gasteiger partial charge is 0.493 e. The summed E-state index contributed by atoms with van der Waals surface area (Å²) in [6.07, 6.45) is 25.9. The average Bonchev–Trinajstić information content (AvgIpc) is 3.78. The normalized spacial score (nSPS) is 13.5. The summed E-state index contributed by atoms with van der Waals surface area (Å²) in [5, 5.41) is 5.93. The highest BCUT2D eigenvalue weighted by Crippen LogP contribution is 2.53. The third-order valence-electron chi connectivity index (χ3n) is 9.73. The van der Waals surface area contributed by atoms with Gasteiger partial charge in [-0.05, 0) is 25.0 Å². The van der Waals surface area contributed by atoms with E-state index < -0.39 is 0 Å². The summed E-state index contributed by atoms with van der Waals surface area (Å²) in [6, 6.07) is 4.32. The van der Waals surface area contributed by atoms with E-state index in [2.05, 4.69) is 36.7 Å². The third kappa shape index (κ3) is 11.7. The number of unbranched alkanes of at least 4 members (excludes halogenated alkanes) is 18. The van der Waals surface area contributed by atoms with Crippen molar-refractivity contribution in [2.75, 3.05) is 39.6 Å². The fourth-order valence-electron chi connectivity index (χ4n) is 6.82. The van der Waals surface area contributed by atoms with Crippen LogP contribution in [0.5, 0.6) is 33.1 Å². The molecular weight excluding hydrogens is 665 g/mol. The lowest BCUT2D eigenvalue weighted by atomic mass is 9.99. The third-order valence-corrected chi connectivity index (χ3v) is 11.5. The second-order valence-corrected chi connectivity index (χ2v) is 15.5. The smallest absolute Gasteiger partial charge is 0.217 e. The van der Waals surface area contributed by atoms with Crippen molar-refractivity contribution >= 4 is 22.7 Å². The van der Waals surface area contributed by atoms with Crippen LogP contribution in [0.1, 0.15) is 142 Å². The van der Waals surface area contributed by atoms with Crippen molar-refractivity contribution in [1.82, 2.24) is 0 Å². The van der Waals surface area contributed by atoms with Gasteiger partial charge in [-0.25, -0.2) is 0 Å². The number of benzene rings is 1. The Hall–Kier alpha value is -2.58. The summed E-state index contributed by atoms with van der Waals surface area (Å²) in [4.78, 5) is 0. The molecule has 4 heterocycles. The summed E-state index contributed by atoms with van der Waals surface area (Å²) >= 11 is 3.17. The molecule has 1 aromatic carbocycles. The van der Waals surface area contributed by atoms with Crippen molar-refractivity contribution in [2.45, 2.75) is 142 Å². The highest BCUT2D eigenvalue weighted by Gasteiger charge is 2.27. The quantitative estimate of drug-likeness (QED) is 0.0768. The molecule has 3 aromatic rings. The van der Waals surface area contributed by atoms with Crippen molar-refractivity contribution in [2.24, 2.45) is 0 Å². The Morgan fingerprint density at radius 1 is 0.440 bits per heavy atom. The molecule has 0 atom stereocenters. The molecule has 0 radical (unpaired) electrons. The van der Waals surface area contributed by atoms with E-state index in [4.69, 9.17) is 28.4 Å². The predicted octanol–water partition coefficient (Wildman–Crippen LogP) is 13.3. The number of ether oxygens (including phenoxy) is 6. The molecule has 278 valence electrons. The minimum absolute atomic E-state index is 0.546. The van der Waals surface area contributed by atoms with E-state index >= 15 is 0 Å². The lowest BCUT2D eigenvalue weighted by Gasteiger charge is -2.21. The van der Waals surface area contributed by atoms with Crippen LogP contribution >= 0.6 is 22.7 Å². The van der Waals surface area contributed by atoms with E-state index in [1.54, 1.807) is 22.7 Å². The second-order valence-electron chi connectivity index (χ2n) is 13.8. The highest BCUT2D eigenvalue weighted by atomic mass is 32.1. The van der Waals surface area contributed by atoms with Crippen LogP contribution in [0.4, 0.5) is 0 Å². The predicted molar refractivity (Wildman–Crippen MR) is 210 cm³/mol. The molecule has 0 aliphatic carbocycles. The van der Waals surface area contributed by atoms with E-state index in [0.29, 0.717) is 39.6 Å². The molecule has 2 aromatic heterocycles. The molecule has 6 nitrogen and oxygen atoms in total. The molecule has 0 amide bonds. The fourth-order valence-corrected chi connectivity index (χ4v) is 8.59. The molecule has 0 unspecified atom stereocenters. The highest BCUT2D eigenvalue weighted by molar-refractivity contribution is 7.13. The van der Waals surface area contributed by atoms with Gasteiger partial charge in [-0.2, -0.15) is 0 Å². The minimum atomic E-state index is 0.546. The van der Waals surface area contributed by atoms with Crippen LogP contribution < -0.4 is 28.4 Å². The minimum Gasteiger partial charge on any atom is -0.493 e. The molecule has 50 heavy (non-hydrogen) atoms. The Morgan fingerprint density at radius 2 is 0.780 bits per heavy atom. The van der Waals surface area contributed by atoms with Crippen LogP contribution in [0.15, 0.2) is 22.9 Å². The molecule has 0 N–H and O–H groups in total. The van der Waals surface area contributed by atoms with Gasteiger partial charge in [0.1, 0.15) is 37.9 Å². The maximum atomic E-state index is 6.66. The zero-order valence-electron chi connectivity index (χ0n) is 31.0. The first-order chi connectivity index (χ1) is 24.8. The first-order valence-electron chi connectivity index (χ1n) is 20.0. The first kappa shape index (κ1) is 38.6. The molecular formula is C42H62O6S2. The van der Waals surface area contributed by atoms with Crippen LogP contribution in [0, 0.1) is 0 Å². The molecule has 2 aliphatic rings. The number of fused-ring (bicyclic) bond motifs is 2. The molecule has 0 fully saturated rings. The topological polar surface area (TPSA) is 55.4 Å². The standard InChI is InChI=1S/C42H62O6S2/c1-3-5-7-9-11-13-15-17-19-21-23-43-37-29-34(36-32-50-42-40(36)46-26-28-48-42)38(44-24-22-20-18-16-14-12-10-8-6-4-2)30-33(37)35-31-49-41-39(35)45-25-27-47-41/h29-32H,3-28H2,1-2H3. The first-order valence-corrected chi connectivity index (χ1v) is 21.7. The number of hydrogen-bond donors (Lipinski definition) is 0. The van der Waals surface area contributed by atoms with Crippen LogP contribution in [0.25, 0.3) is 22.3 Å². The van der Waals surface area contributed by atoms with Gasteiger partial charge in [0.2, 0.25) is 10.1 Å². The van der Waals surface area contributed by atoms with E-state index in [-0.39, 0.29) is 0 Å². The van der Waals surface area contributed by atoms with Gasteiger partial charge in [0.05, 0.1) is 13.2 Å². The number of thiophene rings is 2. The SMILES string of the molecule is CCCCCCCCCCCCOc1cc(-c2csc3c2OCCO3)c(OCCCCCCCCCCCC)cc1-c1csc2c1OCCO2. The number of hydrogen-bond acceptors (Lipinski definition) is 8. The summed E-state index contributed by atoms with van der Waals surface area (Å²) in [6.45, 7) is 8.15. The fraction of sp³-hybridized carbons (Fsp3) is 0.667. The molecule has 2 aliphatic heterocycles. The monoisotopic (exact) mass is 726 g/mol. The van der Waals surface area contributed by atoms with Gasteiger partial charge >= 0.3 is 0 Å². The van der Waals surface area contributed by atoms with E-state index in [9.17, 15) is 0 Å². The Morgan fingerprint density at radius 3 is 1.16 bits per heavy atom. The summed E-state index contributed by atoms with van der Waals surface area (Å²) in [5.41, 5.74) is 3.99. The van der Waals surface area contributed by atoms with Crippen molar-refractivity contribution < 1.29 is 28.4 Å². The van der Waals surface area contributed by atoms with Crippen LogP contribution in [0.3, 0.4) is 0 Å². The van der Waals surface area contributed by atoms with Gasteiger partial charge in [-0.3, -0.25) is 0 Å². The molecule has 0 spiro atoms. The van der Waals surface area contributed by atoms with Crippen molar-refractivity contribution in [1.29, 1.82) is 0 Å². The summed E-state index contributed by atoms with van der Waals surface area (Å²) in [5.74, 6) is 3.30. The van der Waals surface area contributed by atoms with Gasteiger partial charge in [0.25, 0.3) is 0 Å². The Balaban J connectivity index is 1.27. The molecule has 0 saturated heterocycles. The average molecular weight is 727 g/mol. The Labute approximate surface area is 310 Å². The molecule has 5 rings (SSSR count). The van der Waals surface area contributed by atoms with Gasteiger partial charge in [0.15, 0.2) is 11.5 Å². The van der Waals surface area contributed by atoms with Gasteiger partial charge < -0.3 is 28.4 Å². The Kier molecular flexibility index (Phi) is 17.3. The van der Waals surface area contributed by atoms with Crippen molar-refractivity contribution in [3.8, 4) is 55.4 Å². The maximum absolute atomic E-state index is 6.66. The van der Waals surface area contributed by atoms with Crippen molar-refractivity contribution in [3.05, 3.63) is 22.9 Å². The van der Waals surface area contributed by atoms with Crippen LogP contribution in [0.2, 0.25) is 0 Å². The molecule has 8 heteroatoms. The van der Waals surface area contributed by atoms with Crippen LogP contribution in [-0.2, 0) is 0 Å². The maximum Gasteiger partial charge on any atom is 0.217 e. The van der Waals surface area contributed by atoms with Gasteiger partial charge in [-0.1, -0.05) is 129 Å². The van der Waals surface area contributed by atoms with Crippen LogP contribution in [-0.4, -0.2) is 39.6 Å². The zero-order valence-corrected chi connectivity index (χ0v) is 32.6. The molecule has 0 saturated carbocycles. The van der Waals surface area contributed by atoms with Gasteiger partial charge in [0, 0.05) is 33.0 Å². The summed E-state index contributed by atoms with van der Waals surface area (Å²) < 4.78 is 37.5. The van der Waals surface area contributed by atoms with Crippen molar-refractivity contribution in [3.63, 3.8) is 0 Å². The van der Waals surface area contributed by atoms with E-state index in [1.807, 2.05) is 0 Å². The Bertz CT molecular complexity index is 1280. The van der Waals surface area contributed by atoms with Gasteiger partial charge in [-0.15, -0.1) is 22.7 Å². The lowest BCUT2D eigenvalue weighted by molar-refractivity contribution is 0.178.